The van der Waals surface area contributed by atoms with Crippen LogP contribution >= 0.6 is 0 Å². The van der Waals surface area contributed by atoms with Crippen molar-refractivity contribution >= 4 is 11.8 Å². The molecule has 3 aromatic rings. The third-order valence-corrected chi connectivity index (χ3v) is 6.33. The lowest BCUT2D eigenvalue weighted by Gasteiger charge is -2.33. The molecule has 1 aliphatic rings. The van der Waals surface area contributed by atoms with Crippen LogP contribution in [0.5, 0.6) is 0 Å². The number of carbonyl (C=O) groups is 2. The quantitative estimate of drug-likeness (QED) is 0.510. The Morgan fingerprint density at radius 2 is 1.65 bits per heavy atom. The van der Waals surface area contributed by atoms with Gasteiger partial charge in [0.15, 0.2) is 0 Å². The number of pyridine rings is 1. The van der Waals surface area contributed by atoms with Gasteiger partial charge in [0.05, 0.1) is 0 Å². The van der Waals surface area contributed by atoms with Crippen molar-refractivity contribution < 1.29 is 14.0 Å². The van der Waals surface area contributed by atoms with Gasteiger partial charge in [-0.05, 0) is 54.7 Å². The molecule has 0 spiro atoms. The lowest BCUT2D eigenvalue weighted by Crippen LogP contribution is -2.47. The van der Waals surface area contributed by atoms with Crippen LogP contribution in [0.15, 0.2) is 79.0 Å². The van der Waals surface area contributed by atoms with Gasteiger partial charge in [-0.3, -0.25) is 14.6 Å². The molecule has 1 unspecified atom stereocenters. The SMILES string of the molecule is O=C(NC1CCCCC1)C(c1ccc(F)cc1)N(CCc1ccccc1)C(=O)c1ccccn1. The highest BCUT2D eigenvalue weighted by Crippen LogP contribution is 2.26. The molecule has 1 fully saturated rings. The van der Waals surface area contributed by atoms with Gasteiger partial charge in [0.2, 0.25) is 5.91 Å². The van der Waals surface area contributed by atoms with Crippen LogP contribution in [0.3, 0.4) is 0 Å². The molecule has 1 heterocycles. The second-order valence-electron chi connectivity index (χ2n) is 8.75. The molecule has 34 heavy (non-hydrogen) atoms. The fraction of sp³-hybridized carbons (Fsp3) is 0.321. The summed E-state index contributed by atoms with van der Waals surface area (Å²) in [7, 11) is 0. The van der Waals surface area contributed by atoms with Crippen LogP contribution in [0.25, 0.3) is 0 Å². The fourth-order valence-corrected chi connectivity index (χ4v) is 4.52. The highest BCUT2D eigenvalue weighted by Gasteiger charge is 2.33. The van der Waals surface area contributed by atoms with E-state index in [1.165, 1.54) is 18.6 Å². The van der Waals surface area contributed by atoms with E-state index in [2.05, 4.69) is 10.3 Å². The number of hydrogen-bond acceptors (Lipinski definition) is 3. The average molecular weight is 460 g/mol. The minimum absolute atomic E-state index is 0.0881. The number of aromatic nitrogens is 1. The number of rotatable bonds is 8. The lowest BCUT2D eigenvalue weighted by molar-refractivity contribution is -0.126. The molecule has 5 nitrogen and oxygen atoms in total. The number of carbonyl (C=O) groups excluding carboxylic acids is 2. The molecule has 1 aliphatic carbocycles. The van der Waals surface area contributed by atoms with Crippen LogP contribution in [0, 0.1) is 5.82 Å². The van der Waals surface area contributed by atoms with E-state index in [9.17, 15) is 14.0 Å². The second kappa shape index (κ2) is 11.5. The normalized spacial score (nSPS) is 14.9. The van der Waals surface area contributed by atoms with Gasteiger partial charge in [0, 0.05) is 18.8 Å². The zero-order valence-corrected chi connectivity index (χ0v) is 19.2. The van der Waals surface area contributed by atoms with Crippen LogP contribution in [0.1, 0.15) is 59.8 Å². The highest BCUT2D eigenvalue weighted by atomic mass is 19.1. The zero-order valence-electron chi connectivity index (χ0n) is 19.2. The van der Waals surface area contributed by atoms with Gasteiger partial charge < -0.3 is 10.2 Å². The van der Waals surface area contributed by atoms with Crippen LogP contribution in [-0.4, -0.2) is 34.3 Å². The largest absolute Gasteiger partial charge is 0.351 e. The summed E-state index contributed by atoms with van der Waals surface area (Å²) in [5, 5.41) is 3.17. The van der Waals surface area contributed by atoms with E-state index in [-0.39, 0.29) is 29.4 Å². The summed E-state index contributed by atoms with van der Waals surface area (Å²) in [4.78, 5) is 33.1. The molecule has 1 atom stereocenters. The van der Waals surface area contributed by atoms with E-state index in [0.717, 1.165) is 31.2 Å². The minimum Gasteiger partial charge on any atom is -0.351 e. The van der Waals surface area contributed by atoms with Crippen molar-refractivity contribution in [1.82, 2.24) is 15.2 Å². The number of halogens is 1. The topological polar surface area (TPSA) is 62.3 Å². The number of amides is 2. The molecule has 0 radical (unpaired) electrons. The van der Waals surface area contributed by atoms with Gasteiger partial charge in [-0.15, -0.1) is 0 Å². The van der Waals surface area contributed by atoms with E-state index in [4.69, 9.17) is 0 Å². The van der Waals surface area contributed by atoms with Gasteiger partial charge >= 0.3 is 0 Å². The molecule has 0 bridgehead atoms. The average Bonchev–Trinajstić information content (AvgIpc) is 2.88. The number of nitrogens with one attached hydrogen (secondary N) is 1. The van der Waals surface area contributed by atoms with E-state index in [1.807, 2.05) is 30.3 Å². The molecule has 176 valence electrons. The Balaban J connectivity index is 1.68. The Morgan fingerprint density at radius 1 is 0.941 bits per heavy atom. The molecule has 1 saturated carbocycles. The summed E-state index contributed by atoms with van der Waals surface area (Å²) >= 11 is 0. The molecule has 2 aromatic carbocycles. The minimum atomic E-state index is -0.888. The predicted molar refractivity (Wildman–Crippen MR) is 130 cm³/mol. The monoisotopic (exact) mass is 459 g/mol. The van der Waals surface area contributed by atoms with E-state index in [1.54, 1.807) is 41.4 Å². The number of hydrogen-bond donors (Lipinski definition) is 1. The van der Waals surface area contributed by atoms with Gasteiger partial charge in [-0.1, -0.05) is 67.8 Å². The van der Waals surface area contributed by atoms with Crippen molar-refractivity contribution in [2.45, 2.75) is 50.6 Å². The number of benzene rings is 2. The van der Waals surface area contributed by atoms with Gasteiger partial charge in [0.25, 0.3) is 5.91 Å². The van der Waals surface area contributed by atoms with E-state index < -0.39 is 6.04 Å². The van der Waals surface area contributed by atoms with Crippen molar-refractivity contribution in [3.8, 4) is 0 Å². The van der Waals surface area contributed by atoms with Crippen molar-refractivity contribution in [3.05, 3.63) is 102 Å². The molecule has 0 aliphatic heterocycles. The highest BCUT2D eigenvalue weighted by molar-refractivity contribution is 5.96. The van der Waals surface area contributed by atoms with Gasteiger partial charge in [-0.25, -0.2) is 4.39 Å². The standard InChI is InChI=1S/C28H30FN3O2/c29-23-16-14-22(15-17-23)26(27(33)31-24-11-5-2-6-12-24)32(20-18-21-9-3-1-4-10-21)28(34)25-13-7-8-19-30-25/h1,3-4,7-10,13-17,19,24,26H,2,5-6,11-12,18,20H2,(H,31,33). The molecule has 2 amide bonds. The van der Waals surface area contributed by atoms with Crippen molar-refractivity contribution in [2.75, 3.05) is 6.54 Å². The van der Waals surface area contributed by atoms with Crippen molar-refractivity contribution in [2.24, 2.45) is 0 Å². The van der Waals surface area contributed by atoms with E-state index >= 15 is 0 Å². The number of nitrogens with zero attached hydrogens (tertiary/aromatic N) is 2. The summed E-state index contributed by atoms with van der Waals surface area (Å²) in [6.07, 6.45) is 7.34. The molecule has 6 heteroatoms. The molecule has 4 rings (SSSR count). The molecular weight excluding hydrogens is 429 g/mol. The summed E-state index contributed by atoms with van der Waals surface area (Å²) in [5.74, 6) is -0.956. The van der Waals surface area contributed by atoms with Crippen molar-refractivity contribution in [1.29, 1.82) is 0 Å². The first-order chi connectivity index (χ1) is 16.6. The summed E-state index contributed by atoms with van der Waals surface area (Å²) < 4.78 is 13.7. The molecule has 1 aromatic heterocycles. The van der Waals surface area contributed by atoms with Crippen LogP contribution in [-0.2, 0) is 11.2 Å². The Hall–Kier alpha value is -3.54. The Bertz CT molecular complexity index is 1070. The Morgan fingerprint density at radius 3 is 2.32 bits per heavy atom. The first-order valence-corrected chi connectivity index (χ1v) is 11.9. The maximum absolute atomic E-state index is 13.7. The molecular formula is C28H30FN3O2. The fourth-order valence-electron chi connectivity index (χ4n) is 4.52. The second-order valence-corrected chi connectivity index (χ2v) is 8.75. The van der Waals surface area contributed by atoms with Crippen molar-refractivity contribution in [3.63, 3.8) is 0 Å². The summed E-state index contributed by atoms with van der Waals surface area (Å²) in [5.41, 5.74) is 1.91. The smallest absolute Gasteiger partial charge is 0.273 e. The summed E-state index contributed by atoms with van der Waals surface area (Å²) in [6, 6.07) is 20.0. The van der Waals surface area contributed by atoms with Crippen LogP contribution in [0.2, 0.25) is 0 Å². The summed E-state index contributed by atoms with van der Waals surface area (Å²) in [6.45, 7) is 0.319. The molecule has 0 saturated heterocycles. The first kappa shape index (κ1) is 23.6. The zero-order chi connectivity index (χ0) is 23.8. The Kier molecular flexibility index (Phi) is 8.02. The van der Waals surface area contributed by atoms with E-state index in [0.29, 0.717) is 18.5 Å². The third kappa shape index (κ3) is 6.07. The maximum Gasteiger partial charge on any atom is 0.273 e. The van der Waals surface area contributed by atoms with Gasteiger partial charge in [-0.2, -0.15) is 0 Å². The van der Waals surface area contributed by atoms with Crippen LogP contribution in [0.4, 0.5) is 4.39 Å². The predicted octanol–water partition coefficient (Wildman–Crippen LogP) is 5.10. The molecule has 1 N–H and O–H groups in total. The van der Waals surface area contributed by atoms with Gasteiger partial charge in [0.1, 0.15) is 17.6 Å². The third-order valence-electron chi connectivity index (χ3n) is 6.33. The maximum atomic E-state index is 13.7. The first-order valence-electron chi connectivity index (χ1n) is 11.9. The lowest BCUT2D eigenvalue weighted by atomic mass is 9.94. The Labute approximate surface area is 200 Å². The van der Waals surface area contributed by atoms with Crippen LogP contribution < -0.4 is 5.32 Å².